The molecule has 4 heteroatoms. The van der Waals surface area contributed by atoms with Crippen molar-refractivity contribution >= 4 is 0 Å². The molecule has 0 aliphatic heterocycles. The zero-order valence-electron chi connectivity index (χ0n) is 23.0. The van der Waals surface area contributed by atoms with E-state index < -0.39 is 0 Å². The van der Waals surface area contributed by atoms with Crippen molar-refractivity contribution < 1.29 is 18.9 Å². The highest BCUT2D eigenvalue weighted by Gasteiger charge is 2.63. The van der Waals surface area contributed by atoms with E-state index in [9.17, 15) is 0 Å². The van der Waals surface area contributed by atoms with Crippen LogP contribution in [0.5, 0.6) is 0 Å². The molecule has 4 fully saturated rings. The van der Waals surface area contributed by atoms with Crippen LogP contribution in [0.3, 0.4) is 0 Å². The fourth-order valence-corrected chi connectivity index (χ4v) is 7.99. The zero-order chi connectivity index (χ0) is 24.2. The van der Waals surface area contributed by atoms with Crippen molar-refractivity contribution in [3.63, 3.8) is 0 Å². The monoisotopic (exact) mass is 464 g/mol. The van der Waals surface area contributed by atoms with Gasteiger partial charge in [-0.1, -0.05) is 41.5 Å². The SMILES string of the molecule is CC(COC(C)COC1CC2CCC1(C)C2(C)C)OCC(C)OC1CC2CCC1(C)C2(C)C. The molecule has 4 bridgehead atoms. The summed E-state index contributed by atoms with van der Waals surface area (Å²) in [6.45, 7) is 22.9. The lowest BCUT2D eigenvalue weighted by molar-refractivity contribution is -0.126. The van der Waals surface area contributed by atoms with Gasteiger partial charge >= 0.3 is 0 Å². The van der Waals surface area contributed by atoms with E-state index in [4.69, 9.17) is 18.9 Å². The Bertz CT molecular complexity index is 689. The quantitative estimate of drug-likeness (QED) is 0.343. The molecule has 4 aliphatic carbocycles. The molecule has 0 aromatic carbocycles. The first kappa shape index (κ1) is 25.9. The van der Waals surface area contributed by atoms with Gasteiger partial charge in [-0.25, -0.2) is 0 Å². The molecule has 4 nitrogen and oxygen atoms in total. The molecule has 0 aromatic heterocycles. The molecule has 4 saturated carbocycles. The molecule has 0 amide bonds. The highest BCUT2D eigenvalue weighted by Crippen LogP contribution is 2.67. The molecule has 0 saturated heterocycles. The third-order valence-electron chi connectivity index (χ3n) is 11.6. The Kier molecular flexibility index (Phi) is 7.11. The van der Waals surface area contributed by atoms with E-state index in [-0.39, 0.29) is 18.3 Å². The molecule has 0 spiro atoms. The number of hydrogen-bond donors (Lipinski definition) is 0. The van der Waals surface area contributed by atoms with Gasteiger partial charge in [0.2, 0.25) is 0 Å². The van der Waals surface area contributed by atoms with Crippen LogP contribution < -0.4 is 0 Å². The average Bonchev–Trinajstić information content (AvgIpc) is 3.26. The summed E-state index contributed by atoms with van der Waals surface area (Å²) < 4.78 is 25.1. The number of hydrogen-bond acceptors (Lipinski definition) is 4. The first-order valence-corrected chi connectivity index (χ1v) is 13.8. The Morgan fingerprint density at radius 3 is 1.55 bits per heavy atom. The van der Waals surface area contributed by atoms with Crippen LogP contribution >= 0.6 is 0 Å². The molecule has 9 atom stereocenters. The molecule has 0 heterocycles. The molecule has 192 valence electrons. The highest BCUT2D eigenvalue weighted by molar-refractivity contribution is 5.12. The molecular weight excluding hydrogens is 412 g/mol. The van der Waals surface area contributed by atoms with Crippen LogP contribution in [0.25, 0.3) is 0 Å². The van der Waals surface area contributed by atoms with Crippen molar-refractivity contribution in [3.05, 3.63) is 0 Å². The lowest BCUT2D eigenvalue weighted by atomic mass is 9.70. The maximum atomic E-state index is 6.52. The summed E-state index contributed by atoms with van der Waals surface area (Å²) in [5.41, 5.74) is 1.41. The summed E-state index contributed by atoms with van der Waals surface area (Å²) in [6, 6.07) is 0. The lowest BCUT2D eigenvalue weighted by Crippen LogP contribution is -2.40. The van der Waals surface area contributed by atoms with Gasteiger partial charge in [0.25, 0.3) is 0 Å². The molecule has 0 aromatic rings. The smallest absolute Gasteiger partial charge is 0.0784 e. The maximum Gasteiger partial charge on any atom is 0.0784 e. The standard InChI is InChI=1S/C29H52O4/c1-19(31-18-21(3)33-25-15-23-11-13-29(25,9)27(23,6)7)16-30-20(2)17-32-24-14-22-10-12-28(24,8)26(22,4)5/h19-25H,10-18H2,1-9H3. The summed E-state index contributed by atoms with van der Waals surface area (Å²) in [5, 5.41) is 0. The minimum Gasteiger partial charge on any atom is -0.375 e. The van der Waals surface area contributed by atoms with E-state index in [2.05, 4.69) is 62.3 Å². The topological polar surface area (TPSA) is 36.9 Å². The molecule has 4 rings (SSSR count). The molecule has 0 radical (unpaired) electrons. The Labute approximate surface area is 203 Å². The van der Waals surface area contributed by atoms with Crippen LogP contribution in [0.1, 0.15) is 101 Å². The fraction of sp³-hybridized carbons (Fsp3) is 1.00. The summed E-state index contributed by atoms with van der Waals surface area (Å²) in [4.78, 5) is 0. The second-order valence-corrected chi connectivity index (χ2v) is 13.8. The Balaban J connectivity index is 1.12. The van der Waals surface area contributed by atoms with Crippen molar-refractivity contribution in [2.45, 2.75) is 131 Å². The van der Waals surface area contributed by atoms with E-state index in [1.54, 1.807) is 0 Å². The zero-order valence-corrected chi connectivity index (χ0v) is 23.0. The van der Waals surface area contributed by atoms with Crippen LogP contribution in [0.15, 0.2) is 0 Å². The third kappa shape index (κ3) is 4.34. The van der Waals surface area contributed by atoms with Crippen molar-refractivity contribution in [1.29, 1.82) is 0 Å². The first-order chi connectivity index (χ1) is 15.3. The van der Waals surface area contributed by atoms with Gasteiger partial charge in [-0.3, -0.25) is 0 Å². The van der Waals surface area contributed by atoms with E-state index >= 15 is 0 Å². The third-order valence-corrected chi connectivity index (χ3v) is 11.6. The van der Waals surface area contributed by atoms with Crippen molar-refractivity contribution in [2.24, 2.45) is 33.5 Å². The van der Waals surface area contributed by atoms with Crippen molar-refractivity contribution in [2.75, 3.05) is 19.8 Å². The molecule has 9 unspecified atom stereocenters. The van der Waals surface area contributed by atoms with Gasteiger partial charge in [-0.15, -0.1) is 0 Å². The van der Waals surface area contributed by atoms with Gasteiger partial charge in [0, 0.05) is 0 Å². The Hall–Kier alpha value is -0.160. The highest BCUT2D eigenvalue weighted by atomic mass is 16.6. The summed E-state index contributed by atoms with van der Waals surface area (Å²) in [6.07, 6.45) is 8.76. The van der Waals surface area contributed by atoms with Crippen LogP contribution in [0.2, 0.25) is 0 Å². The van der Waals surface area contributed by atoms with Gasteiger partial charge in [0.05, 0.1) is 50.3 Å². The van der Waals surface area contributed by atoms with E-state index in [1.165, 1.54) is 38.5 Å². The van der Waals surface area contributed by atoms with E-state index in [1.807, 2.05) is 0 Å². The minimum absolute atomic E-state index is 0.0597. The van der Waals surface area contributed by atoms with Gasteiger partial charge in [0.1, 0.15) is 0 Å². The number of ether oxygens (including phenoxy) is 4. The Morgan fingerprint density at radius 1 is 0.636 bits per heavy atom. The largest absolute Gasteiger partial charge is 0.375 e. The van der Waals surface area contributed by atoms with Crippen LogP contribution in [-0.2, 0) is 18.9 Å². The van der Waals surface area contributed by atoms with Gasteiger partial charge in [0.15, 0.2) is 0 Å². The number of rotatable bonds is 11. The maximum absolute atomic E-state index is 6.52. The molecular formula is C29H52O4. The van der Waals surface area contributed by atoms with Gasteiger partial charge in [-0.2, -0.15) is 0 Å². The van der Waals surface area contributed by atoms with Crippen molar-refractivity contribution in [1.82, 2.24) is 0 Å². The second-order valence-electron chi connectivity index (χ2n) is 13.8. The summed E-state index contributed by atoms with van der Waals surface area (Å²) in [7, 11) is 0. The van der Waals surface area contributed by atoms with Crippen LogP contribution in [-0.4, -0.2) is 50.3 Å². The predicted octanol–water partition coefficient (Wildman–Crippen LogP) is 6.65. The fourth-order valence-electron chi connectivity index (χ4n) is 7.99. The normalized spacial score (nSPS) is 43.2. The van der Waals surface area contributed by atoms with E-state index in [0.29, 0.717) is 53.7 Å². The van der Waals surface area contributed by atoms with Crippen LogP contribution in [0, 0.1) is 33.5 Å². The average molecular weight is 465 g/mol. The second kappa shape index (κ2) is 9.05. The predicted molar refractivity (Wildman–Crippen MR) is 133 cm³/mol. The van der Waals surface area contributed by atoms with Crippen molar-refractivity contribution in [3.8, 4) is 0 Å². The summed E-state index contributed by atoms with van der Waals surface area (Å²) >= 11 is 0. The number of fused-ring (bicyclic) bond motifs is 4. The lowest BCUT2D eigenvalue weighted by Gasteiger charge is -2.40. The van der Waals surface area contributed by atoms with E-state index in [0.717, 1.165) is 11.8 Å². The Morgan fingerprint density at radius 2 is 1.09 bits per heavy atom. The molecule has 4 aliphatic rings. The molecule has 0 N–H and O–H groups in total. The minimum atomic E-state index is 0.0597. The van der Waals surface area contributed by atoms with Crippen LogP contribution in [0.4, 0.5) is 0 Å². The first-order valence-electron chi connectivity index (χ1n) is 13.8. The van der Waals surface area contributed by atoms with Gasteiger partial charge in [-0.05, 0) is 92.8 Å². The summed E-state index contributed by atoms with van der Waals surface area (Å²) in [5.74, 6) is 1.62. The van der Waals surface area contributed by atoms with Gasteiger partial charge < -0.3 is 18.9 Å². The molecule has 33 heavy (non-hydrogen) atoms.